The first-order valence-corrected chi connectivity index (χ1v) is 7.41. The second-order valence-electron chi connectivity index (χ2n) is 7.00. The van der Waals surface area contributed by atoms with Gasteiger partial charge in [-0.2, -0.15) is 0 Å². The number of aliphatic carboxylic acids is 1. The molecule has 0 unspecified atom stereocenters. The van der Waals surface area contributed by atoms with Crippen LogP contribution in [0.2, 0.25) is 0 Å². The average molecular weight is 275 g/mol. The van der Waals surface area contributed by atoms with Gasteiger partial charge in [0.25, 0.3) is 0 Å². The number of carbonyl (C=O) groups is 1. The van der Waals surface area contributed by atoms with Crippen molar-refractivity contribution in [3.8, 4) is 0 Å². The van der Waals surface area contributed by atoms with E-state index in [0.717, 1.165) is 30.4 Å². The highest BCUT2D eigenvalue weighted by Gasteiger charge is 2.42. The molecule has 0 bridgehead atoms. The second kappa shape index (κ2) is 5.12. The molecule has 110 valence electrons. The lowest BCUT2D eigenvalue weighted by Gasteiger charge is -2.35. The van der Waals surface area contributed by atoms with Gasteiger partial charge in [-0.1, -0.05) is 52.2 Å². The standard InChI is InChI=1S/C17H25NO2/c1-16(2,3)12-7-8-14(18)13(11-12)17(15(19)20)9-5-4-6-10-17/h7-8,11H,4-6,9-10,18H2,1-3H3,(H,19,20). The summed E-state index contributed by atoms with van der Waals surface area (Å²) in [7, 11) is 0. The SMILES string of the molecule is CC(C)(C)c1ccc(N)c(C2(C(=O)O)CCCCC2)c1. The third-order valence-corrected chi connectivity index (χ3v) is 4.55. The molecule has 0 amide bonds. The fourth-order valence-corrected chi connectivity index (χ4v) is 3.19. The van der Waals surface area contributed by atoms with Gasteiger partial charge in [0.05, 0.1) is 5.41 Å². The Morgan fingerprint density at radius 3 is 2.30 bits per heavy atom. The van der Waals surface area contributed by atoms with Crippen LogP contribution in [-0.4, -0.2) is 11.1 Å². The Morgan fingerprint density at radius 1 is 1.20 bits per heavy atom. The van der Waals surface area contributed by atoms with Crippen molar-refractivity contribution in [3.63, 3.8) is 0 Å². The molecule has 3 nitrogen and oxygen atoms in total. The van der Waals surface area contributed by atoms with E-state index in [1.807, 2.05) is 18.2 Å². The molecule has 3 N–H and O–H groups in total. The van der Waals surface area contributed by atoms with Crippen LogP contribution in [0.3, 0.4) is 0 Å². The number of nitrogen functional groups attached to an aromatic ring is 1. The molecule has 1 aliphatic rings. The first kappa shape index (κ1) is 14.9. The summed E-state index contributed by atoms with van der Waals surface area (Å²) in [6.07, 6.45) is 4.44. The summed E-state index contributed by atoms with van der Waals surface area (Å²) in [5.74, 6) is -0.727. The number of hydrogen-bond acceptors (Lipinski definition) is 2. The number of anilines is 1. The summed E-state index contributed by atoms with van der Waals surface area (Å²) in [6.45, 7) is 6.41. The Labute approximate surface area is 121 Å². The molecule has 1 aromatic carbocycles. The number of hydrogen-bond donors (Lipinski definition) is 2. The minimum Gasteiger partial charge on any atom is -0.481 e. The molecule has 0 heterocycles. The highest BCUT2D eigenvalue weighted by Crippen LogP contribution is 2.43. The molecule has 1 saturated carbocycles. The zero-order valence-electron chi connectivity index (χ0n) is 12.7. The summed E-state index contributed by atoms with van der Waals surface area (Å²) < 4.78 is 0. The maximum Gasteiger partial charge on any atom is 0.314 e. The summed E-state index contributed by atoms with van der Waals surface area (Å²) in [5.41, 5.74) is 7.91. The summed E-state index contributed by atoms with van der Waals surface area (Å²) in [4.78, 5) is 11.9. The fraction of sp³-hybridized carbons (Fsp3) is 0.588. The van der Waals surface area contributed by atoms with Gasteiger partial charge in [0, 0.05) is 5.69 Å². The van der Waals surface area contributed by atoms with Crippen molar-refractivity contribution in [1.29, 1.82) is 0 Å². The number of benzene rings is 1. The van der Waals surface area contributed by atoms with Crippen molar-refractivity contribution in [3.05, 3.63) is 29.3 Å². The van der Waals surface area contributed by atoms with Gasteiger partial charge in [-0.3, -0.25) is 4.79 Å². The van der Waals surface area contributed by atoms with Crippen molar-refractivity contribution in [2.24, 2.45) is 0 Å². The van der Waals surface area contributed by atoms with Crippen molar-refractivity contribution < 1.29 is 9.90 Å². The molecular weight excluding hydrogens is 250 g/mol. The lowest BCUT2D eigenvalue weighted by Crippen LogP contribution is -2.38. The van der Waals surface area contributed by atoms with Gasteiger partial charge < -0.3 is 10.8 Å². The topological polar surface area (TPSA) is 63.3 Å². The maximum atomic E-state index is 11.9. The molecule has 0 spiro atoms. The van der Waals surface area contributed by atoms with Gasteiger partial charge >= 0.3 is 5.97 Å². The number of rotatable bonds is 2. The number of nitrogens with two attached hydrogens (primary N) is 1. The van der Waals surface area contributed by atoms with E-state index in [9.17, 15) is 9.90 Å². The fourth-order valence-electron chi connectivity index (χ4n) is 3.19. The molecule has 1 aliphatic carbocycles. The van der Waals surface area contributed by atoms with Gasteiger partial charge in [0.2, 0.25) is 0 Å². The van der Waals surface area contributed by atoms with Gasteiger partial charge in [-0.15, -0.1) is 0 Å². The lowest BCUT2D eigenvalue weighted by molar-refractivity contribution is -0.145. The van der Waals surface area contributed by atoms with Crippen LogP contribution in [-0.2, 0) is 15.6 Å². The molecule has 20 heavy (non-hydrogen) atoms. The van der Waals surface area contributed by atoms with Crippen LogP contribution in [0.25, 0.3) is 0 Å². The highest BCUT2D eigenvalue weighted by atomic mass is 16.4. The predicted octanol–water partition coefficient (Wildman–Crippen LogP) is 3.85. The predicted molar refractivity (Wildman–Crippen MR) is 82.0 cm³/mol. The van der Waals surface area contributed by atoms with Crippen LogP contribution in [0, 0.1) is 0 Å². The Hall–Kier alpha value is -1.51. The highest BCUT2D eigenvalue weighted by molar-refractivity contribution is 5.84. The van der Waals surface area contributed by atoms with E-state index in [1.54, 1.807) is 0 Å². The number of carboxylic acid groups (broad SMARTS) is 1. The van der Waals surface area contributed by atoms with Crippen LogP contribution < -0.4 is 5.73 Å². The molecule has 0 aliphatic heterocycles. The van der Waals surface area contributed by atoms with Crippen molar-refractivity contribution in [2.75, 3.05) is 5.73 Å². The van der Waals surface area contributed by atoms with Crippen molar-refractivity contribution in [1.82, 2.24) is 0 Å². The molecule has 2 rings (SSSR count). The van der Waals surface area contributed by atoms with Crippen LogP contribution >= 0.6 is 0 Å². The molecule has 0 radical (unpaired) electrons. The Bertz CT molecular complexity index is 508. The molecule has 3 heteroatoms. The molecule has 1 fully saturated rings. The summed E-state index contributed by atoms with van der Waals surface area (Å²) >= 11 is 0. The average Bonchev–Trinajstić information content (AvgIpc) is 2.38. The first-order valence-electron chi connectivity index (χ1n) is 7.41. The van der Waals surface area contributed by atoms with E-state index in [2.05, 4.69) is 20.8 Å². The third kappa shape index (κ3) is 2.54. The van der Waals surface area contributed by atoms with E-state index >= 15 is 0 Å². The van der Waals surface area contributed by atoms with Crippen LogP contribution in [0.5, 0.6) is 0 Å². The molecule has 0 atom stereocenters. The second-order valence-corrected chi connectivity index (χ2v) is 7.00. The van der Waals surface area contributed by atoms with Crippen molar-refractivity contribution in [2.45, 2.75) is 63.7 Å². The third-order valence-electron chi connectivity index (χ3n) is 4.55. The smallest absolute Gasteiger partial charge is 0.314 e. The van der Waals surface area contributed by atoms with Crippen LogP contribution in [0.1, 0.15) is 64.0 Å². The Balaban J connectivity index is 2.56. The van der Waals surface area contributed by atoms with Gasteiger partial charge in [-0.25, -0.2) is 0 Å². The van der Waals surface area contributed by atoms with Gasteiger partial charge in [0.15, 0.2) is 0 Å². The largest absolute Gasteiger partial charge is 0.481 e. The van der Waals surface area contributed by atoms with E-state index in [4.69, 9.17) is 5.73 Å². The molecule has 0 aromatic heterocycles. The van der Waals surface area contributed by atoms with E-state index < -0.39 is 11.4 Å². The monoisotopic (exact) mass is 275 g/mol. The zero-order valence-corrected chi connectivity index (χ0v) is 12.7. The minimum absolute atomic E-state index is 0.00316. The van der Waals surface area contributed by atoms with Crippen molar-refractivity contribution >= 4 is 11.7 Å². The van der Waals surface area contributed by atoms with E-state index in [0.29, 0.717) is 18.5 Å². The quantitative estimate of drug-likeness (QED) is 0.806. The van der Waals surface area contributed by atoms with E-state index in [-0.39, 0.29) is 5.41 Å². The Morgan fingerprint density at radius 2 is 1.80 bits per heavy atom. The summed E-state index contributed by atoms with van der Waals surface area (Å²) in [6, 6.07) is 5.90. The maximum absolute atomic E-state index is 11.9. The van der Waals surface area contributed by atoms with Crippen LogP contribution in [0.4, 0.5) is 5.69 Å². The first-order chi connectivity index (χ1) is 9.27. The molecule has 1 aromatic rings. The van der Waals surface area contributed by atoms with Gasteiger partial charge in [-0.05, 0) is 35.4 Å². The normalized spacial score (nSPS) is 18.8. The molecular formula is C17H25NO2. The van der Waals surface area contributed by atoms with Crippen LogP contribution in [0.15, 0.2) is 18.2 Å². The van der Waals surface area contributed by atoms with E-state index in [1.165, 1.54) is 0 Å². The minimum atomic E-state index is -0.788. The molecule has 0 saturated heterocycles. The summed E-state index contributed by atoms with van der Waals surface area (Å²) in [5, 5.41) is 9.80. The Kier molecular flexibility index (Phi) is 3.81. The number of carboxylic acids is 1. The van der Waals surface area contributed by atoms with Gasteiger partial charge in [0.1, 0.15) is 0 Å². The zero-order chi connectivity index (χ0) is 15.0. The lowest BCUT2D eigenvalue weighted by atomic mass is 9.68.